The molecule has 2 aliphatic heterocycles. The van der Waals surface area contributed by atoms with Crippen molar-refractivity contribution in [2.75, 3.05) is 42.5 Å². The van der Waals surface area contributed by atoms with E-state index >= 15 is 0 Å². The number of ether oxygens (including phenoxy) is 2. The van der Waals surface area contributed by atoms with Crippen LogP contribution in [0.2, 0.25) is 0 Å². The summed E-state index contributed by atoms with van der Waals surface area (Å²) in [5, 5.41) is 12.0. The number of hydrogen-bond donors (Lipinski definition) is 1. The van der Waals surface area contributed by atoms with Crippen molar-refractivity contribution in [2.45, 2.75) is 70.2 Å². The first-order valence-electron chi connectivity index (χ1n) is 14.8. The Kier molecular flexibility index (Phi) is 7.31. The Morgan fingerprint density at radius 2 is 1.88 bits per heavy atom. The van der Waals surface area contributed by atoms with E-state index in [0.717, 1.165) is 42.9 Å². The quantitative estimate of drug-likeness (QED) is 0.460. The largest absolute Gasteiger partial charge is 0.455 e. The van der Waals surface area contributed by atoms with Crippen LogP contribution in [0.4, 0.5) is 16.3 Å². The molecule has 2 N–H and O–H groups in total. The highest BCUT2D eigenvalue weighted by molar-refractivity contribution is 5.94. The molecule has 0 radical (unpaired) electrons. The topological polar surface area (TPSA) is 121 Å². The van der Waals surface area contributed by atoms with E-state index in [2.05, 4.69) is 58.3 Å². The number of aromatic nitrogens is 2. The van der Waals surface area contributed by atoms with E-state index in [1.165, 1.54) is 16.5 Å². The molecule has 1 aliphatic carbocycles. The maximum atomic E-state index is 13.0. The molecule has 220 valence electrons. The van der Waals surface area contributed by atoms with Gasteiger partial charge in [0.05, 0.1) is 30.8 Å². The van der Waals surface area contributed by atoms with E-state index in [4.69, 9.17) is 25.2 Å². The number of nitrogens with two attached hydrogens (primary N) is 1. The summed E-state index contributed by atoms with van der Waals surface area (Å²) in [7, 11) is 0. The summed E-state index contributed by atoms with van der Waals surface area (Å²) in [6.07, 6.45) is 2.36. The second-order valence-corrected chi connectivity index (χ2v) is 12.5. The van der Waals surface area contributed by atoms with Crippen LogP contribution in [0.1, 0.15) is 51.3 Å². The van der Waals surface area contributed by atoms with Crippen molar-refractivity contribution in [2.24, 2.45) is 5.73 Å². The first-order valence-corrected chi connectivity index (χ1v) is 14.8. The summed E-state index contributed by atoms with van der Waals surface area (Å²) in [5.74, 6) is 0.826. The molecular weight excluding hydrogens is 530 g/mol. The lowest BCUT2D eigenvalue weighted by Crippen LogP contribution is -2.56. The molecule has 2 aromatic carbocycles. The Balaban J connectivity index is 1.32. The highest BCUT2D eigenvalue weighted by atomic mass is 16.6. The highest BCUT2D eigenvalue weighted by Crippen LogP contribution is 2.40. The number of piperazine rings is 1. The van der Waals surface area contributed by atoms with E-state index in [9.17, 15) is 10.1 Å². The summed E-state index contributed by atoms with van der Waals surface area (Å²) < 4.78 is 12.0. The summed E-state index contributed by atoms with van der Waals surface area (Å²) in [6, 6.07) is 17.1. The maximum Gasteiger partial charge on any atom is 0.410 e. The molecule has 2 fully saturated rings. The van der Waals surface area contributed by atoms with Gasteiger partial charge in [-0.2, -0.15) is 15.2 Å². The van der Waals surface area contributed by atoms with Crippen LogP contribution in [0.5, 0.6) is 6.01 Å². The Labute approximate surface area is 247 Å². The van der Waals surface area contributed by atoms with Crippen LogP contribution in [0.3, 0.4) is 0 Å². The predicted molar refractivity (Wildman–Crippen MR) is 162 cm³/mol. The first kappa shape index (κ1) is 28.0. The van der Waals surface area contributed by atoms with E-state index < -0.39 is 11.2 Å². The lowest BCUT2D eigenvalue weighted by atomic mass is 10.0. The van der Waals surface area contributed by atoms with Gasteiger partial charge in [0, 0.05) is 49.4 Å². The van der Waals surface area contributed by atoms with Crippen molar-refractivity contribution in [3.8, 4) is 12.1 Å². The number of amides is 1. The summed E-state index contributed by atoms with van der Waals surface area (Å²) in [6.45, 7) is 8.91. The molecule has 0 unspecified atom stereocenters. The molecule has 0 bridgehead atoms. The monoisotopic (exact) mass is 569 g/mol. The van der Waals surface area contributed by atoms with Gasteiger partial charge in [0.25, 0.3) is 0 Å². The van der Waals surface area contributed by atoms with Crippen LogP contribution >= 0.6 is 0 Å². The van der Waals surface area contributed by atoms with Crippen molar-refractivity contribution in [3.63, 3.8) is 0 Å². The standard InChI is InChI=1S/C32H39N7O3/c1-31(2,3)42-30(40)39-18-17-38(19-23(39)11-15-33)28-25-12-16-37(27-10-6-8-22-7-4-5-9-24(22)27)20-26(25)35-29(36-28)41-32(21-34)13-14-32/h4-10,23H,11-14,16-21,34H2,1-3H3/t23-/m0/s1. The Bertz CT molecular complexity index is 1520. The third kappa shape index (κ3) is 5.66. The molecular formula is C32H39N7O3. The van der Waals surface area contributed by atoms with Crippen LogP contribution in [0.25, 0.3) is 10.8 Å². The van der Waals surface area contributed by atoms with Crippen molar-refractivity contribution in [3.05, 3.63) is 53.7 Å². The number of fused-ring (bicyclic) bond motifs is 2. The molecule has 1 aromatic heterocycles. The maximum absolute atomic E-state index is 13.0. The van der Waals surface area contributed by atoms with Crippen molar-refractivity contribution < 1.29 is 14.3 Å². The van der Waals surface area contributed by atoms with Crippen molar-refractivity contribution in [1.82, 2.24) is 14.9 Å². The third-order valence-corrected chi connectivity index (χ3v) is 8.35. The molecule has 10 heteroatoms. The molecule has 1 saturated heterocycles. The first-order chi connectivity index (χ1) is 20.2. The molecule has 3 aromatic rings. The van der Waals surface area contributed by atoms with Gasteiger partial charge in [-0.15, -0.1) is 0 Å². The number of carbonyl (C=O) groups excluding carboxylic acids is 1. The van der Waals surface area contributed by atoms with Gasteiger partial charge in [0.15, 0.2) is 0 Å². The van der Waals surface area contributed by atoms with Crippen LogP contribution in [-0.4, -0.2) is 70.9 Å². The van der Waals surface area contributed by atoms with Crippen LogP contribution in [0, 0.1) is 11.3 Å². The molecule has 6 rings (SSSR count). The number of carbonyl (C=O) groups is 1. The van der Waals surface area contributed by atoms with E-state index in [-0.39, 0.29) is 18.6 Å². The smallest absolute Gasteiger partial charge is 0.410 e. The van der Waals surface area contributed by atoms with Gasteiger partial charge in [-0.3, -0.25) is 0 Å². The molecule has 3 heterocycles. The van der Waals surface area contributed by atoms with E-state index in [1.54, 1.807) is 4.90 Å². The minimum atomic E-state index is -0.610. The van der Waals surface area contributed by atoms with E-state index in [1.807, 2.05) is 20.8 Å². The van der Waals surface area contributed by atoms with E-state index in [0.29, 0.717) is 38.7 Å². The molecule has 3 aliphatic rings. The van der Waals surface area contributed by atoms with Crippen molar-refractivity contribution >= 4 is 28.4 Å². The second-order valence-electron chi connectivity index (χ2n) is 12.5. The lowest BCUT2D eigenvalue weighted by molar-refractivity contribution is 0.0144. The fraction of sp³-hybridized carbons (Fsp3) is 0.500. The summed E-state index contributed by atoms with van der Waals surface area (Å²) in [5.41, 5.74) is 8.26. The number of benzene rings is 2. The molecule has 10 nitrogen and oxygen atoms in total. The molecule has 1 saturated carbocycles. The predicted octanol–water partition coefficient (Wildman–Crippen LogP) is 4.40. The minimum absolute atomic E-state index is 0.206. The average molecular weight is 570 g/mol. The minimum Gasteiger partial charge on any atom is -0.455 e. The molecule has 1 atom stereocenters. The summed E-state index contributed by atoms with van der Waals surface area (Å²) >= 11 is 0. The molecule has 0 spiro atoms. The average Bonchev–Trinajstić information content (AvgIpc) is 3.75. The highest BCUT2D eigenvalue weighted by Gasteiger charge is 2.45. The Morgan fingerprint density at radius 1 is 1.10 bits per heavy atom. The third-order valence-electron chi connectivity index (χ3n) is 8.35. The van der Waals surface area contributed by atoms with Gasteiger partial charge < -0.3 is 29.9 Å². The van der Waals surface area contributed by atoms with Gasteiger partial charge in [-0.1, -0.05) is 36.4 Å². The van der Waals surface area contributed by atoms with Crippen LogP contribution < -0.4 is 20.3 Å². The van der Waals surface area contributed by atoms with Crippen molar-refractivity contribution in [1.29, 1.82) is 5.26 Å². The molecule has 42 heavy (non-hydrogen) atoms. The number of anilines is 2. The normalized spacial score (nSPS) is 19.7. The zero-order chi connectivity index (χ0) is 29.5. The number of rotatable bonds is 6. The summed E-state index contributed by atoms with van der Waals surface area (Å²) in [4.78, 5) is 29.1. The van der Waals surface area contributed by atoms with Crippen LogP contribution in [0.15, 0.2) is 42.5 Å². The van der Waals surface area contributed by atoms with Gasteiger partial charge >= 0.3 is 12.1 Å². The zero-order valence-corrected chi connectivity index (χ0v) is 24.7. The fourth-order valence-electron chi connectivity index (χ4n) is 5.96. The van der Waals surface area contributed by atoms with Crippen LogP contribution in [-0.2, 0) is 17.7 Å². The molecule has 1 amide bonds. The number of nitriles is 1. The number of hydrogen-bond acceptors (Lipinski definition) is 9. The number of nitrogens with zero attached hydrogens (tertiary/aromatic N) is 6. The Hall–Kier alpha value is -4.10. The fourth-order valence-corrected chi connectivity index (χ4v) is 5.96. The van der Waals surface area contributed by atoms with Gasteiger partial charge in [-0.25, -0.2) is 4.79 Å². The van der Waals surface area contributed by atoms with Gasteiger partial charge in [0.1, 0.15) is 17.0 Å². The second kappa shape index (κ2) is 11.0. The van der Waals surface area contributed by atoms with Gasteiger partial charge in [-0.05, 0) is 51.5 Å². The lowest BCUT2D eigenvalue weighted by Gasteiger charge is -2.42. The Morgan fingerprint density at radius 3 is 2.62 bits per heavy atom. The SMILES string of the molecule is CC(C)(C)OC(=O)N1CCN(c2nc(OC3(CN)CC3)nc3c2CCN(c2cccc4ccccc24)C3)C[C@@H]1CC#N. The zero-order valence-electron chi connectivity index (χ0n) is 24.7. The van der Waals surface area contributed by atoms with Gasteiger partial charge in [0.2, 0.25) is 0 Å².